The van der Waals surface area contributed by atoms with Gasteiger partial charge in [0.25, 0.3) is 0 Å². The highest BCUT2D eigenvalue weighted by Crippen LogP contribution is 2.14. The third-order valence-electron chi connectivity index (χ3n) is 3.68. The number of hydrogen-bond acceptors (Lipinski definition) is 4. The largest absolute Gasteiger partial charge is 0.466 e. The minimum Gasteiger partial charge on any atom is -0.466 e. The van der Waals surface area contributed by atoms with Crippen LogP contribution >= 0.6 is 11.6 Å². The molecule has 0 saturated carbocycles. The van der Waals surface area contributed by atoms with E-state index in [0.29, 0.717) is 30.4 Å². The molecule has 26 heavy (non-hydrogen) atoms. The molecule has 0 atom stereocenters. The number of nitrogens with one attached hydrogen (secondary N) is 1. The van der Waals surface area contributed by atoms with Gasteiger partial charge in [-0.25, -0.2) is 9.78 Å². The number of halogens is 1. The summed E-state index contributed by atoms with van der Waals surface area (Å²) in [7, 11) is 0. The van der Waals surface area contributed by atoms with E-state index < -0.39 is 0 Å². The number of carbonyl (C=O) groups excluding carboxylic acids is 2. The maximum atomic E-state index is 12.6. The molecule has 0 aliphatic heterocycles. The Balaban J connectivity index is 1.91. The van der Waals surface area contributed by atoms with Crippen LogP contribution in [0.4, 0.5) is 10.5 Å². The van der Waals surface area contributed by atoms with Crippen molar-refractivity contribution in [2.75, 3.05) is 25.0 Å². The smallest absolute Gasteiger partial charge is 0.321 e. The van der Waals surface area contributed by atoms with Crippen molar-refractivity contribution in [3.05, 3.63) is 48.0 Å². The molecule has 140 valence electrons. The predicted octanol–water partition coefficient (Wildman–Crippen LogP) is 3.41. The van der Waals surface area contributed by atoms with Gasteiger partial charge in [-0.2, -0.15) is 0 Å². The van der Waals surface area contributed by atoms with Crippen molar-refractivity contribution in [2.24, 2.45) is 0 Å². The fraction of sp³-hybridized carbons (Fsp3) is 0.389. The van der Waals surface area contributed by atoms with Gasteiger partial charge in [-0.3, -0.25) is 4.79 Å². The van der Waals surface area contributed by atoms with Crippen molar-refractivity contribution < 1.29 is 14.3 Å². The van der Waals surface area contributed by atoms with Crippen LogP contribution in [0.15, 0.2) is 43.0 Å². The molecule has 0 unspecified atom stereocenters. The molecule has 0 bridgehead atoms. The van der Waals surface area contributed by atoms with Gasteiger partial charge in [0.2, 0.25) is 0 Å². The van der Waals surface area contributed by atoms with E-state index in [1.165, 1.54) is 0 Å². The Hall–Kier alpha value is -2.54. The maximum absolute atomic E-state index is 12.6. The standard InChI is InChI=1S/C18H23ClN4O3/c1-2-26-17(24)8-12-23(11-3-10-22-13-9-20-14-22)18(25)21-16-6-4-15(19)5-7-16/h4-7,9,13-14H,2-3,8,10-12H2,1H3,(H,21,25). The second-order valence-corrected chi connectivity index (χ2v) is 6.07. The van der Waals surface area contributed by atoms with Crippen LogP contribution in [0.1, 0.15) is 19.8 Å². The molecule has 2 aromatic rings. The van der Waals surface area contributed by atoms with Crippen LogP contribution in [0.25, 0.3) is 0 Å². The number of rotatable bonds is 9. The number of aromatic nitrogens is 2. The van der Waals surface area contributed by atoms with E-state index >= 15 is 0 Å². The summed E-state index contributed by atoms with van der Waals surface area (Å²) in [5, 5.41) is 3.43. The molecule has 2 amide bonds. The van der Waals surface area contributed by atoms with E-state index in [1.54, 1.807) is 48.6 Å². The SMILES string of the molecule is CCOC(=O)CCN(CCCn1ccnc1)C(=O)Nc1ccc(Cl)cc1. The van der Waals surface area contributed by atoms with Crippen molar-refractivity contribution in [3.8, 4) is 0 Å². The average Bonchev–Trinajstić information content (AvgIpc) is 3.13. The molecule has 7 nitrogen and oxygen atoms in total. The second kappa shape index (κ2) is 10.5. The molecule has 1 heterocycles. The van der Waals surface area contributed by atoms with Crippen molar-refractivity contribution in [3.63, 3.8) is 0 Å². The first kappa shape index (κ1) is 19.8. The topological polar surface area (TPSA) is 76.5 Å². The number of anilines is 1. The summed E-state index contributed by atoms with van der Waals surface area (Å²) in [6.07, 6.45) is 6.22. The van der Waals surface area contributed by atoms with Crippen LogP contribution in [-0.2, 0) is 16.1 Å². The zero-order chi connectivity index (χ0) is 18.8. The molecule has 8 heteroatoms. The predicted molar refractivity (Wildman–Crippen MR) is 100 cm³/mol. The Morgan fingerprint density at radius 3 is 2.69 bits per heavy atom. The minimum atomic E-state index is -0.314. The van der Waals surface area contributed by atoms with Gasteiger partial charge in [-0.05, 0) is 37.6 Å². The van der Waals surface area contributed by atoms with Crippen LogP contribution in [0.2, 0.25) is 5.02 Å². The molecule has 0 saturated heterocycles. The van der Waals surface area contributed by atoms with Gasteiger partial charge in [0, 0.05) is 42.7 Å². The molecule has 1 aromatic heterocycles. The van der Waals surface area contributed by atoms with Crippen LogP contribution in [0, 0.1) is 0 Å². The number of hydrogen-bond donors (Lipinski definition) is 1. The van der Waals surface area contributed by atoms with Gasteiger partial charge in [-0.15, -0.1) is 0 Å². The third kappa shape index (κ3) is 6.76. The lowest BCUT2D eigenvalue weighted by Crippen LogP contribution is -2.37. The number of amides is 2. The number of imidazole rings is 1. The van der Waals surface area contributed by atoms with E-state index in [1.807, 2.05) is 10.8 Å². The molecule has 2 rings (SSSR count). The second-order valence-electron chi connectivity index (χ2n) is 5.63. The lowest BCUT2D eigenvalue weighted by molar-refractivity contribution is -0.143. The van der Waals surface area contributed by atoms with Crippen LogP contribution in [0.3, 0.4) is 0 Å². The van der Waals surface area contributed by atoms with Crippen LogP contribution < -0.4 is 5.32 Å². The highest BCUT2D eigenvalue weighted by molar-refractivity contribution is 6.30. The molecule has 1 aromatic carbocycles. The first-order valence-electron chi connectivity index (χ1n) is 8.51. The number of nitrogens with zero attached hydrogens (tertiary/aromatic N) is 3. The van der Waals surface area contributed by atoms with Crippen molar-refractivity contribution in [1.82, 2.24) is 14.5 Å². The van der Waals surface area contributed by atoms with Gasteiger partial charge in [-0.1, -0.05) is 11.6 Å². The number of esters is 1. The van der Waals surface area contributed by atoms with Crippen LogP contribution in [0.5, 0.6) is 0 Å². The fourth-order valence-corrected chi connectivity index (χ4v) is 2.50. The summed E-state index contributed by atoms with van der Waals surface area (Å²) < 4.78 is 6.89. The number of benzene rings is 1. The highest BCUT2D eigenvalue weighted by Gasteiger charge is 2.15. The quantitative estimate of drug-likeness (QED) is 0.678. The fourth-order valence-electron chi connectivity index (χ4n) is 2.37. The average molecular weight is 379 g/mol. The normalized spacial score (nSPS) is 10.4. The number of aryl methyl sites for hydroxylation is 1. The Kier molecular flexibility index (Phi) is 7.95. The molecule has 0 fully saturated rings. The lowest BCUT2D eigenvalue weighted by atomic mass is 10.3. The van der Waals surface area contributed by atoms with E-state index in [-0.39, 0.29) is 18.4 Å². The summed E-state index contributed by atoms with van der Waals surface area (Å²) in [6.45, 7) is 3.63. The molecule has 0 spiro atoms. The Morgan fingerprint density at radius 2 is 2.04 bits per heavy atom. The molecule has 0 aliphatic rings. The lowest BCUT2D eigenvalue weighted by Gasteiger charge is -2.23. The van der Waals surface area contributed by atoms with E-state index in [2.05, 4.69) is 10.3 Å². The van der Waals surface area contributed by atoms with Gasteiger partial charge in [0.15, 0.2) is 0 Å². The van der Waals surface area contributed by atoms with Crippen molar-refractivity contribution in [1.29, 1.82) is 0 Å². The van der Waals surface area contributed by atoms with E-state index in [0.717, 1.165) is 13.0 Å². The monoisotopic (exact) mass is 378 g/mol. The van der Waals surface area contributed by atoms with Crippen LogP contribution in [-0.4, -0.2) is 46.1 Å². The van der Waals surface area contributed by atoms with Gasteiger partial charge >= 0.3 is 12.0 Å². The Labute approximate surface area is 157 Å². The van der Waals surface area contributed by atoms with E-state index in [4.69, 9.17) is 16.3 Å². The Morgan fingerprint density at radius 1 is 1.27 bits per heavy atom. The molecule has 0 aliphatic carbocycles. The highest BCUT2D eigenvalue weighted by atomic mass is 35.5. The number of carbonyl (C=O) groups is 2. The molecular formula is C18H23ClN4O3. The van der Waals surface area contributed by atoms with E-state index in [9.17, 15) is 9.59 Å². The first-order valence-corrected chi connectivity index (χ1v) is 8.89. The maximum Gasteiger partial charge on any atom is 0.321 e. The summed E-state index contributed by atoms with van der Waals surface area (Å²) in [5.41, 5.74) is 0.648. The van der Waals surface area contributed by atoms with Crippen molar-refractivity contribution in [2.45, 2.75) is 26.3 Å². The van der Waals surface area contributed by atoms with Gasteiger partial charge in [0.05, 0.1) is 19.4 Å². The number of urea groups is 1. The number of ether oxygens (including phenoxy) is 1. The molecule has 0 radical (unpaired) electrons. The van der Waals surface area contributed by atoms with Gasteiger partial charge < -0.3 is 19.5 Å². The minimum absolute atomic E-state index is 0.160. The summed E-state index contributed by atoms with van der Waals surface area (Å²) in [6, 6.07) is 6.62. The summed E-state index contributed by atoms with van der Waals surface area (Å²) >= 11 is 5.86. The zero-order valence-electron chi connectivity index (χ0n) is 14.7. The molecular weight excluding hydrogens is 356 g/mol. The third-order valence-corrected chi connectivity index (χ3v) is 3.93. The zero-order valence-corrected chi connectivity index (χ0v) is 15.5. The summed E-state index contributed by atoms with van der Waals surface area (Å²) in [5.74, 6) is -0.314. The summed E-state index contributed by atoms with van der Waals surface area (Å²) in [4.78, 5) is 29.8. The Bertz CT molecular complexity index is 689. The van der Waals surface area contributed by atoms with Gasteiger partial charge in [0.1, 0.15) is 0 Å². The first-order chi connectivity index (χ1) is 12.6. The van der Waals surface area contributed by atoms with Crippen molar-refractivity contribution >= 4 is 29.3 Å². The molecule has 1 N–H and O–H groups in total.